The van der Waals surface area contributed by atoms with Crippen LogP contribution in [0.1, 0.15) is 37.0 Å². The summed E-state index contributed by atoms with van der Waals surface area (Å²) in [6.07, 6.45) is -3.30. The number of alkyl halides is 3. The lowest BCUT2D eigenvalue weighted by Gasteiger charge is -2.31. The molecule has 172 valence electrons. The maximum absolute atomic E-state index is 13.5. The van der Waals surface area contributed by atoms with Crippen LogP contribution in [-0.4, -0.2) is 29.2 Å². The zero-order valence-corrected chi connectivity index (χ0v) is 18.8. The third-order valence-electron chi connectivity index (χ3n) is 5.95. The van der Waals surface area contributed by atoms with E-state index in [-0.39, 0.29) is 16.9 Å². The molecule has 2 heterocycles. The largest absolute Gasteiger partial charge is 0.489 e. The average molecular weight is 475 g/mol. The van der Waals surface area contributed by atoms with E-state index in [1.54, 1.807) is 36.9 Å². The second-order valence-electron chi connectivity index (χ2n) is 8.46. The summed E-state index contributed by atoms with van der Waals surface area (Å²) in [5, 5.41) is 9.12. The van der Waals surface area contributed by atoms with E-state index in [2.05, 4.69) is 0 Å². The molecular formula is C23H21F3N4O2S. The normalized spacial score (nSPS) is 19.8. The van der Waals surface area contributed by atoms with Crippen molar-refractivity contribution in [2.75, 3.05) is 16.3 Å². The van der Waals surface area contributed by atoms with E-state index >= 15 is 0 Å². The minimum absolute atomic E-state index is 0.0426. The molecule has 0 aliphatic carbocycles. The first kappa shape index (κ1) is 23.0. The number of ether oxygens (including phenoxy) is 1. The molecule has 4 rings (SSSR count). The number of nitrogens with two attached hydrogens (primary N) is 1. The minimum Gasteiger partial charge on any atom is -0.489 e. The Hall–Kier alpha value is -3.16. The second kappa shape index (κ2) is 8.01. The van der Waals surface area contributed by atoms with Crippen molar-refractivity contribution in [2.45, 2.75) is 44.5 Å². The van der Waals surface area contributed by atoms with Crippen LogP contribution in [-0.2, 0) is 17.4 Å². The van der Waals surface area contributed by atoms with Crippen molar-refractivity contribution in [1.82, 2.24) is 0 Å². The van der Waals surface area contributed by atoms with Crippen LogP contribution >= 0.6 is 12.2 Å². The topological polar surface area (TPSA) is 82.6 Å². The lowest BCUT2D eigenvalue weighted by Crippen LogP contribution is -2.44. The van der Waals surface area contributed by atoms with Crippen molar-refractivity contribution in [3.05, 3.63) is 53.1 Å². The summed E-state index contributed by atoms with van der Waals surface area (Å²) in [4.78, 5) is 16.0. The standard InChI is InChI=1S/C23H21F3N4O2S/c1-22(2)20(31)29(15-5-3-14(11-27)18(10-15)23(24,25)26)21(33)30(22)16-6-8-19-13(9-16)4-7-17(12-28)32-19/h3,5-6,8-10,17H,4,7,12,28H2,1-2H3/t17-/m1/s1. The number of thiocarbonyl (C=S) groups is 1. The monoisotopic (exact) mass is 474 g/mol. The third-order valence-corrected chi connectivity index (χ3v) is 6.31. The van der Waals surface area contributed by atoms with Gasteiger partial charge in [0.2, 0.25) is 0 Å². The number of nitriles is 1. The Kier molecular flexibility index (Phi) is 5.58. The van der Waals surface area contributed by atoms with E-state index < -0.39 is 28.7 Å². The molecule has 2 aliphatic rings. The molecule has 2 aromatic carbocycles. The number of anilines is 2. The fraction of sp³-hybridized carbons (Fsp3) is 0.348. The second-order valence-corrected chi connectivity index (χ2v) is 8.83. The summed E-state index contributed by atoms with van der Waals surface area (Å²) in [5.74, 6) is 0.246. The van der Waals surface area contributed by atoms with Gasteiger partial charge in [-0.2, -0.15) is 18.4 Å². The molecule has 0 spiro atoms. The zero-order chi connectivity index (χ0) is 24.1. The van der Waals surface area contributed by atoms with E-state index in [1.165, 1.54) is 6.07 Å². The fourth-order valence-electron chi connectivity index (χ4n) is 4.20. The summed E-state index contributed by atoms with van der Waals surface area (Å²) < 4.78 is 46.3. The van der Waals surface area contributed by atoms with Crippen LogP contribution in [0.25, 0.3) is 0 Å². The molecule has 6 nitrogen and oxygen atoms in total. The zero-order valence-electron chi connectivity index (χ0n) is 17.9. The van der Waals surface area contributed by atoms with Gasteiger partial charge in [0.15, 0.2) is 5.11 Å². The highest BCUT2D eigenvalue weighted by atomic mass is 32.1. The quantitative estimate of drug-likeness (QED) is 0.674. The molecular weight excluding hydrogens is 453 g/mol. The molecule has 10 heteroatoms. The highest BCUT2D eigenvalue weighted by molar-refractivity contribution is 7.81. The summed E-state index contributed by atoms with van der Waals surface area (Å²) in [7, 11) is 0. The van der Waals surface area contributed by atoms with Crippen LogP contribution in [0.2, 0.25) is 0 Å². The Morgan fingerprint density at radius 1 is 1.24 bits per heavy atom. The first-order chi connectivity index (χ1) is 15.5. The van der Waals surface area contributed by atoms with Crippen LogP contribution in [0.5, 0.6) is 5.75 Å². The highest BCUT2D eigenvalue weighted by Crippen LogP contribution is 2.41. The summed E-state index contributed by atoms with van der Waals surface area (Å²) >= 11 is 5.58. The molecule has 2 aliphatic heterocycles. The molecule has 1 fully saturated rings. The molecule has 1 saturated heterocycles. The summed E-state index contributed by atoms with van der Waals surface area (Å²) in [6, 6.07) is 10.1. The van der Waals surface area contributed by atoms with Gasteiger partial charge in [-0.25, -0.2) is 0 Å². The summed E-state index contributed by atoms with van der Waals surface area (Å²) in [5.41, 5.74) is 4.46. The Bertz CT molecular complexity index is 1190. The first-order valence-corrected chi connectivity index (χ1v) is 10.7. The smallest absolute Gasteiger partial charge is 0.417 e. The van der Waals surface area contributed by atoms with Crippen molar-refractivity contribution >= 4 is 34.6 Å². The van der Waals surface area contributed by atoms with Crippen molar-refractivity contribution in [3.8, 4) is 11.8 Å². The van der Waals surface area contributed by atoms with Gasteiger partial charge in [0.05, 0.1) is 22.9 Å². The molecule has 0 bridgehead atoms. The fourth-order valence-corrected chi connectivity index (χ4v) is 4.72. The number of aryl methyl sites for hydroxylation is 1. The van der Waals surface area contributed by atoms with Crippen LogP contribution in [0.3, 0.4) is 0 Å². The molecule has 1 atom stereocenters. The number of amides is 1. The van der Waals surface area contributed by atoms with E-state index in [9.17, 15) is 18.0 Å². The van der Waals surface area contributed by atoms with E-state index in [1.807, 2.05) is 6.07 Å². The van der Waals surface area contributed by atoms with Crippen molar-refractivity contribution in [2.24, 2.45) is 5.73 Å². The molecule has 0 aromatic heterocycles. The number of fused-ring (bicyclic) bond motifs is 1. The minimum atomic E-state index is -4.75. The van der Waals surface area contributed by atoms with Gasteiger partial charge >= 0.3 is 6.18 Å². The maximum atomic E-state index is 13.5. The average Bonchev–Trinajstić information content (AvgIpc) is 2.95. The number of carbonyl (C=O) groups excluding carboxylic acids is 1. The predicted molar refractivity (Wildman–Crippen MR) is 121 cm³/mol. The SMILES string of the molecule is CC1(C)C(=O)N(c2ccc(C#N)c(C(F)(F)F)c2)C(=S)N1c1ccc2c(c1)CC[C@H](CN)O2. The molecule has 0 saturated carbocycles. The Labute approximate surface area is 194 Å². The molecule has 0 unspecified atom stereocenters. The highest BCUT2D eigenvalue weighted by Gasteiger charge is 2.51. The number of hydrogen-bond acceptors (Lipinski definition) is 5. The lowest BCUT2D eigenvalue weighted by atomic mass is 9.99. The maximum Gasteiger partial charge on any atom is 0.417 e. The first-order valence-electron chi connectivity index (χ1n) is 10.3. The van der Waals surface area contributed by atoms with Crippen molar-refractivity contribution in [1.29, 1.82) is 5.26 Å². The third kappa shape index (κ3) is 3.81. The molecule has 33 heavy (non-hydrogen) atoms. The molecule has 2 N–H and O–H groups in total. The molecule has 2 aromatic rings. The lowest BCUT2D eigenvalue weighted by molar-refractivity contribution is -0.137. The number of benzene rings is 2. The Morgan fingerprint density at radius 3 is 2.58 bits per heavy atom. The van der Waals surface area contributed by atoms with Crippen LogP contribution in [0.15, 0.2) is 36.4 Å². The van der Waals surface area contributed by atoms with Crippen molar-refractivity contribution in [3.63, 3.8) is 0 Å². The predicted octanol–water partition coefficient (Wildman–Crippen LogP) is 4.15. The number of rotatable bonds is 3. The van der Waals surface area contributed by atoms with Crippen LogP contribution < -0.4 is 20.3 Å². The molecule has 1 amide bonds. The van der Waals surface area contributed by atoms with Gasteiger partial charge < -0.3 is 15.4 Å². The van der Waals surface area contributed by atoms with Gasteiger partial charge in [0, 0.05) is 12.2 Å². The Morgan fingerprint density at radius 2 is 1.94 bits per heavy atom. The number of hydrogen-bond donors (Lipinski definition) is 1. The molecule has 0 radical (unpaired) electrons. The van der Waals surface area contributed by atoms with Gasteiger partial charge in [0.25, 0.3) is 5.91 Å². The van der Waals surface area contributed by atoms with Crippen LogP contribution in [0.4, 0.5) is 24.5 Å². The van der Waals surface area contributed by atoms with Gasteiger partial charge in [0.1, 0.15) is 17.4 Å². The number of carbonyl (C=O) groups is 1. The number of nitrogens with zero attached hydrogens (tertiary/aromatic N) is 3. The van der Waals surface area contributed by atoms with Gasteiger partial charge in [-0.1, -0.05) is 0 Å². The van der Waals surface area contributed by atoms with Gasteiger partial charge in [-0.05, 0) is 80.9 Å². The summed E-state index contributed by atoms with van der Waals surface area (Å²) in [6.45, 7) is 3.74. The van der Waals surface area contributed by atoms with Gasteiger partial charge in [-0.3, -0.25) is 9.69 Å². The van der Waals surface area contributed by atoms with E-state index in [0.29, 0.717) is 18.0 Å². The number of halogens is 3. The van der Waals surface area contributed by atoms with E-state index in [4.69, 9.17) is 28.0 Å². The van der Waals surface area contributed by atoms with Crippen molar-refractivity contribution < 1.29 is 22.7 Å². The van der Waals surface area contributed by atoms with Gasteiger partial charge in [-0.15, -0.1) is 0 Å². The van der Waals surface area contributed by atoms with E-state index in [0.717, 1.165) is 35.4 Å². The van der Waals surface area contributed by atoms with Crippen LogP contribution in [0, 0.1) is 11.3 Å². The Balaban J connectivity index is 1.74.